The first-order valence-corrected chi connectivity index (χ1v) is 7.17. The Morgan fingerprint density at radius 2 is 1.70 bits per heavy atom. The van der Waals surface area contributed by atoms with Crippen molar-refractivity contribution in [3.05, 3.63) is 47.5 Å². The lowest BCUT2D eigenvalue weighted by molar-refractivity contribution is 0.442. The van der Waals surface area contributed by atoms with E-state index in [-0.39, 0.29) is 17.4 Å². The fraction of sp³-hybridized carbons (Fsp3) is 0.333. The molecule has 0 saturated heterocycles. The Labute approximate surface area is 120 Å². The van der Waals surface area contributed by atoms with E-state index in [0.29, 0.717) is 5.56 Å². The minimum atomic E-state index is 0.168. The molecule has 0 saturated carbocycles. The highest BCUT2D eigenvalue weighted by Crippen LogP contribution is 2.44. The van der Waals surface area contributed by atoms with Gasteiger partial charge < -0.3 is 10.2 Å². The second-order valence-electron chi connectivity index (χ2n) is 5.41. The summed E-state index contributed by atoms with van der Waals surface area (Å²) in [4.78, 5) is 0. The normalized spacial score (nSPS) is 12.3. The molecule has 2 aromatic rings. The first kappa shape index (κ1) is 14.4. The maximum atomic E-state index is 10.6. The number of phenolic OH excluding ortho intramolecular Hbond substituents is 2. The van der Waals surface area contributed by atoms with Crippen LogP contribution in [0.4, 0.5) is 0 Å². The zero-order valence-electron chi connectivity index (χ0n) is 12.4. The highest BCUT2D eigenvalue weighted by molar-refractivity contribution is 5.79. The van der Waals surface area contributed by atoms with E-state index in [9.17, 15) is 10.2 Å². The van der Waals surface area contributed by atoms with Gasteiger partial charge in [-0.15, -0.1) is 0 Å². The number of benzene rings is 2. The van der Waals surface area contributed by atoms with E-state index in [0.717, 1.165) is 29.5 Å². The van der Waals surface area contributed by atoms with Crippen LogP contribution in [0.25, 0.3) is 11.1 Å². The van der Waals surface area contributed by atoms with Gasteiger partial charge in [0.05, 0.1) is 5.56 Å². The van der Waals surface area contributed by atoms with Crippen molar-refractivity contribution in [1.82, 2.24) is 0 Å². The number of rotatable bonds is 4. The van der Waals surface area contributed by atoms with Gasteiger partial charge in [0.1, 0.15) is 11.5 Å². The molecule has 0 radical (unpaired) electrons. The molecule has 0 heterocycles. The van der Waals surface area contributed by atoms with Crippen LogP contribution in [-0.4, -0.2) is 10.2 Å². The maximum Gasteiger partial charge on any atom is 0.130 e. The third-order valence-corrected chi connectivity index (χ3v) is 3.81. The SMILES string of the molecule is CCCC(C)c1cc(C)c(O)c(-c2ccccc2)c1O. The minimum Gasteiger partial charge on any atom is -0.507 e. The van der Waals surface area contributed by atoms with Crippen LogP contribution in [0.1, 0.15) is 43.7 Å². The highest BCUT2D eigenvalue weighted by Gasteiger charge is 2.19. The number of hydrogen-bond donors (Lipinski definition) is 2. The van der Waals surface area contributed by atoms with Gasteiger partial charge in [0, 0.05) is 0 Å². The van der Waals surface area contributed by atoms with Crippen LogP contribution in [0.5, 0.6) is 11.5 Å². The van der Waals surface area contributed by atoms with Gasteiger partial charge in [-0.1, -0.05) is 50.6 Å². The van der Waals surface area contributed by atoms with Crippen LogP contribution >= 0.6 is 0 Å². The molecule has 2 heteroatoms. The molecule has 0 amide bonds. The maximum absolute atomic E-state index is 10.6. The van der Waals surface area contributed by atoms with E-state index in [1.807, 2.05) is 43.3 Å². The van der Waals surface area contributed by atoms with Crippen molar-refractivity contribution in [1.29, 1.82) is 0 Å². The van der Waals surface area contributed by atoms with E-state index in [1.54, 1.807) is 0 Å². The Morgan fingerprint density at radius 1 is 1.05 bits per heavy atom. The zero-order chi connectivity index (χ0) is 14.7. The molecule has 0 fully saturated rings. The summed E-state index contributed by atoms with van der Waals surface area (Å²) in [5, 5.41) is 20.9. The lowest BCUT2D eigenvalue weighted by atomic mass is 9.89. The van der Waals surface area contributed by atoms with E-state index >= 15 is 0 Å². The van der Waals surface area contributed by atoms with E-state index in [4.69, 9.17) is 0 Å². The second kappa shape index (κ2) is 6.00. The van der Waals surface area contributed by atoms with Crippen molar-refractivity contribution in [2.45, 2.75) is 39.5 Å². The molecular weight excluding hydrogens is 248 g/mol. The van der Waals surface area contributed by atoms with Crippen molar-refractivity contribution < 1.29 is 10.2 Å². The van der Waals surface area contributed by atoms with Gasteiger partial charge in [0.2, 0.25) is 0 Å². The average molecular weight is 270 g/mol. The minimum absolute atomic E-state index is 0.168. The summed E-state index contributed by atoms with van der Waals surface area (Å²) in [6.07, 6.45) is 2.09. The number of phenols is 2. The predicted octanol–water partition coefficient (Wildman–Crippen LogP) is 4.98. The van der Waals surface area contributed by atoms with Crippen LogP contribution in [0.2, 0.25) is 0 Å². The average Bonchev–Trinajstić information content (AvgIpc) is 2.44. The molecule has 0 aliphatic heterocycles. The molecule has 2 aromatic carbocycles. The lowest BCUT2D eigenvalue weighted by Gasteiger charge is -2.18. The molecular formula is C18H22O2. The summed E-state index contributed by atoms with van der Waals surface area (Å²) in [5.41, 5.74) is 3.11. The van der Waals surface area contributed by atoms with Crippen molar-refractivity contribution in [2.24, 2.45) is 0 Å². The summed E-state index contributed by atoms with van der Waals surface area (Å²) < 4.78 is 0. The molecule has 0 aliphatic carbocycles. The van der Waals surface area contributed by atoms with Crippen LogP contribution in [0.15, 0.2) is 36.4 Å². The van der Waals surface area contributed by atoms with Crippen LogP contribution in [-0.2, 0) is 0 Å². The quantitative estimate of drug-likeness (QED) is 0.822. The van der Waals surface area contributed by atoms with Crippen molar-refractivity contribution in [2.75, 3.05) is 0 Å². The first-order chi connectivity index (χ1) is 9.56. The van der Waals surface area contributed by atoms with Crippen molar-refractivity contribution in [3.8, 4) is 22.6 Å². The second-order valence-corrected chi connectivity index (χ2v) is 5.41. The first-order valence-electron chi connectivity index (χ1n) is 7.17. The highest BCUT2D eigenvalue weighted by atomic mass is 16.3. The molecule has 0 spiro atoms. The van der Waals surface area contributed by atoms with Crippen LogP contribution < -0.4 is 0 Å². The molecule has 0 bridgehead atoms. The number of aryl methyl sites for hydroxylation is 1. The zero-order valence-corrected chi connectivity index (χ0v) is 12.4. The van der Waals surface area contributed by atoms with Gasteiger partial charge in [-0.2, -0.15) is 0 Å². The van der Waals surface area contributed by atoms with Gasteiger partial charge in [0.15, 0.2) is 0 Å². The van der Waals surface area contributed by atoms with Crippen molar-refractivity contribution in [3.63, 3.8) is 0 Å². The fourth-order valence-electron chi connectivity index (χ4n) is 2.67. The van der Waals surface area contributed by atoms with Crippen LogP contribution in [0, 0.1) is 6.92 Å². The topological polar surface area (TPSA) is 40.5 Å². The molecule has 0 aromatic heterocycles. The summed E-state index contributed by atoms with van der Waals surface area (Å²) in [7, 11) is 0. The largest absolute Gasteiger partial charge is 0.507 e. The van der Waals surface area contributed by atoms with Gasteiger partial charge in [-0.25, -0.2) is 0 Å². The smallest absolute Gasteiger partial charge is 0.130 e. The Balaban J connectivity index is 2.62. The molecule has 106 valence electrons. The predicted molar refractivity (Wildman–Crippen MR) is 83.3 cm³/mol. The van der Waals surface area contributed by atoms with E-state index in [1.165, 1.54) is 0 Å². The molecule has 2 rings (SSSR count). The summed E-state index contributed by atoms with van der Waals surface area (Å²) in [6.45, 7) is 6.13. The Kier molecular flexibility index (Phi) is 4.33. The van der Waals surface area contributed by atoms with E-state index < -0.39 is 0 Å². The Morgan fingerprint density at radius 3 is 2.30 bits per heavy atom. The summed E-state index contributed by atoms with van der Waals surface area (Å²) in [6, 6.07) is 11.5. The van der Waals surface area contributed by atoms with Gasteiger partial charge in [-0.3, -0.25) is 0 Å². The molecule has 1 unspecified atom stereocenters. The van der Waals surface area contributed by atoms with Gasteiger partial charge >= 0.3 is 0 Å². The molecule has 20 heavy (non-hydrogen) atoms. The Hall–Kier alpha value is -1.96. The van der Waals surface area contributed by atoms with Crippen molar-refractivity contribution >= 4 is 0 Å². The molecule has 0 aliphatic rings. The monoisotopic (exact) mass is 270 g/mol. The van der Waals surface area contributed by atoms with Gasteiger partial charge in [0.25, 0.3) is 0 Å². The molecule has 1 atom stereocenters. The van der Waals surface area contributed by atoms with Crippen LogP contribution in [0.3, 0.4) is 0 Å². The third kappa shape index (κ3) is 2.64. The summed E-state index contributed by atoms with van der Waals surface area (Å²) in [5.74, 6) is 0.656. The van der Waals surface area contributed by atoms with E-state index in [2.05, 4.69) is 13.8 Å². The number of hydrogen-bond acceptors (Lipinski definition) is 2. The summed E-state index contributed by atoms with van der Waals surface area (Å²) >= 11 is 0. The molecule has 2 nitrogen and oxygen atoms in total. The molecule has 2 N–H and O–H groups in total. The Bertz CT molecular complexity index is 588. The number of aromatic hydroxyl groups is 2. The fourth-order valence-corrected chi connectivity index (χ4v) is 2.67. The van der Waals surface area contributed by atoms with Gasteiger partial charge in [-0.05, 0) is 42.0 Å². The third-order valence-electron chi connectivity index (χ3n) is 3.81. The lowest BCUT2D eigenvalue weighted by Crippen LogP contribution is -1.97. The standard InChI is InChI=1S/C18H22O2/c1-4-8-12(2)15-11-13(3)17(19)16(18(15)20)14-9-6-5-7-10-14/h5-7,9-12,19-20H,4,8H2,1-3H3.